The SMILES string of the molecule is CCCNC(C)CCOC(C)COC. The van der Waals surface area contributed by atoms with Gasteiger partial charge in [0.05, 0.1) is 12.7 Å². The van der Waals surface area contributed by atoms with E-state index < -0.39 is 0 Å². The summed E-state index contributed by atoms with van der Waals surface area (Å²) in [6.07, 6.45) is 2.46. The molecule has 0 bridgehead atoms. The molecule has 0 aromatic carbocycles. The van der Waals surface area contributed by atoms with Gasteiger partial charge in [-0.3, -0.25) is 0 Å². The first-order valence-electron chi connectivity index (χ1n) is 5.54. The third kappa shape index (κ3) is 8.48. The molecule has 1 N–H and O–H groups in total. The number of hydrogen-bond donors (Lipinski definition) is 1. The summed E-state index contributed by atoms with van der Waals surface area (Å²) < 4.78 is 10.6. The van der Waals surface area contributed by atoms with E-state index in [-0.39, 0.29) is 6.10 Å². The first kappa shape index (κ1) is 13.9. The average Bonchev–Trinajstić information content (AvgIpc) is 2.15. The minimum absolute atomic E-state index is 0.207. The normalized spacial score (nSPS) is 15.4. The Kier molecular flexibility index (Phi) is 9.35. The summed E-state index contributed by atoms with van der Waals surface area (Å²) >= 11 is 0. The smallest absolute Gasteiger partial charge is 0.0780 e. The Bertz CT molecular complexity index is 120. The molecule has 2 unspecified atom stereocenters. The highest BCUT2D eigenvalue weighted by atomic mass is 16.5. The van der Waals surface area contributed by atoms with Gasteiger partial charge in [-0.2, -0.15) is 0 Å². The molecule has 2 atom stereocenters. The second kappa shape index (κ2) is 9.44. The van der Waals surface area contributed by atoms with E-state index in [1.807, 2.05) is 6.92 Å². The molecule has 0 rings (SSSR count). The molecule has 0 aromatic heterocycles. The van der Waals surface area contributed by atoms with Gasteiger partial charge in [-0.25, -0.2) is 0 Å². The molecule has 14 heavy (non-hydrogen) atoms. The summed E-state index contributed by atoms with van der Waals surface area (Å²) in [6, 6.07) is 0.546. The molecular weight excluding hydrogens is 178 g/mol. The Morgan fingerprint density at radius 3 is 2.57 bits per heavy atom. The van der Waals surface area contributed by atoms with Gasteiger partial charge in [0.2, 0.25) is 0 Å². The van der Waals surface area contributed by atoms with Crippen LogP contribution in [-0.4, -0.2) is 39.0 Å². The van der Waals surface area contributed by atoms with Crippen molar-refractivity contribution in [3.8, 4) is 0 Å². The highest BCUT2D eigenvalue weighted by molar-refractivity contribution is 4.59. The molecule has 0 radical (unpaired) electrons. The van der Waals surface area contributed by atoms with Gasteiger partial charge in [0, 0.05) is 19.8 Å². The van der Waals surface area contributed by atoms with Crippen molar-refractivity contribution in [1.82, 2.24) is 5.32 Å². The van der Waals surface area contributed by atoms with Crippen molar-refractivity contribution < 1.29 is 9.47 Å². The molecule has 0 fully saturated rings. The summed E-state index contributed by atoms with van der Waals surface area (Å²) in [5, 5.41) is 3.43. The fraction of sp³-hybridized carbons (Fsp3) is 1.00. The topological polar surface area (TPSA) is 30.5 Å². The highest BCUT2D eigenvalue weighted by Gasteiger charge is 2.03. The van der Waals surface area contributed by atoms with Crippen LogP contribution in [0, 0.1) is 0 Å². The van der Waals surface area contributed by atoms with E-state index in [9.17, 15) is 0 Å². The summed E-state index contributed by atoms with van der Waals surface area (Å²) in [5.41, 5.74) is 0. The molecule has 0 spiro atoms. The van der Waals surface area contributed by atoms with Gasteiger partial charge in [0.15, 0.2) is 0 Å². The Balaban J connectivity index is 3.25. The van der Waals surface area contributed by atoms with Gasteiger partial charge < -0.3 is 14.8 Å². The zero-order chi connectivity index (χ0) is 10.8. The van der Waals surface area contributed by atoms with Gasteiger partial charge in [-0.15, -0.1) is 0 Å². The monoisotopic (exact) mass is 203 g/mol. The second-order valence-electron chi connectivity index (χ2n) is 3.78. The van der Waals surface area contributed by atoms with Crippen LogP contribution in [0.25, 0.3) is 0 Å². The summed E-state index contributed by atoms with van der Waals surface area (Å²) in [4.78, 5) is 0. The van der Waals surface area contributed by atoms with Crippen molar-refractivity contribution in [2.75, 3.05) is 26.9 Å². The van der Waals surface area contributed by atoms with E-state index in [1.165, 1.54) is 6.42 Å². The van der Waals surface area contributed by atoms with Crippen LogP contribution in [0.4, 0.5) is 0 Å². The average molecular weight is 203 g/mol. The molecule has 0 aliphatic carbocycles. The zero-order valence-corrected chi connectivity index (χ0v) is 10.0. The third-order valence-electron chi connectivity index (χ3n) is 2.10. The lowest BCUT2D eigenvalue weighted by atomic mass is 10.2. The van der Waals surface area contributed by atoms with Crippen molar-refractivity contribution in [3.63, 3.8) is 0 Å². The molecule has 0 saturated carbocycles. The number of ether oxygens (including phenoxy) is 2. The van der Waals surface area contributed by atoms with Crippen molar-refractivity contribution >= 4 is 0 Å². The quantitative estimate of drug-likeness (QED) is 0.620. The predicted octanol–water partition coefficient (Wildman–Crippen LogP) is 1.82. The van der Waals surface area contributed by atoms with Crippen LogP contribution in [0.1, 0.15) is 33.6 Å². The van der Waals surface area contributed by atoms with Crippen molar-refractivity contribution in [2.45, 2.75) is 45.8 Å². The van der Waals surface area contributed by atoms with E-state index in [4.69, 9.17) is 9.47 Å². The Morgan fingerprint density at radius 1 is 1.29 bits per heavy atom. The standard InChI is InChI=1S/C11H25NO2/c1-5-7-12-10(2)6-8-14-11(3)9-13-4/h10-12H,5-9H2,1-4H3. The molecule has 0 aliphatic heterocycles. The lowest BCUT2D eigenvalue weighted by Gasteiger charge is -2.16. The van der Waals surface area contributed by atoms with E-state index in [2.05, 4.69) is 19.2 Å². The summed E-state index contributed by atoms with van der Waals surface area (Å²) in [7, 11) is 1.70. The fourth-order valence-corrected chi connectivity index (χ4v) is 1.22. The molecule has 0 amide bonds. The number of hydrogen-bond acceptors (Lipinski definition) is 3. The molecule has 0 heterocycles. The maximum Gasteiger partial charge on any atom is 0.0780 e. The fourth-order valence-electron chi connectivity index (χ4n) is 1.22. The minimum atomic E-state index is 0.207. The largest absolute Gasteiger partial charge is 0.382 e. The first-order chi connectivity index (χ1) is 6.70. The Morgan fingerprint density at radius 2 is 2.00 bits per heavy atom. The summed E-state index contributed by atoms with van der Waals surface area (Å²) in [5.74, 6) is 0. The molecule has 3 heteroatoms. The van der Waals surface area contributed by atoms with Crippen molar-refractivity contribution in [3.05, 3.63) is 0 Å². The van der Waals surface area contributed by atoms with E-state index in [1.54, 1.807) is 7.11 Å². The van der Waals surface area contributed by atoms with Crippen molar-refractivity contribution in [1.29, 1.82) is 0 Å². The van der Waals surface area contributed by atoms with Gasteiger partial charge in [0.1, 0.15) is 0 Å². The van der Waals surface area contributed by atoms with Crippen LogP contribution >= 0.6 is 0 Å². The van der Waals surface area contributed by atoms with Crippen LogP contribution in [0.15, 0.2) is 0 Å². The lowest BCUT2D eigenvalue weighted by molar-refractivity contribution is 0.00612. The van der Waals surface area contributed by atoms with Crippen LogP contribution in [-0.2, 0) is 9.47 Å². The van der Waals surface area contributed by atoms with E-state index in [0.717, 1.165) is 19.6 Å². The zero-order valence-electron chi connectivity index (χ0n) is 10.0. The first-order valence-corrected chi connectivity index (χ1v) is 5.54. The van der Waals surface area contributed by atoms with E-state index in [0.29, 0.717) is 12.6 Å². The van der Waals surface area contributed by atoms with Crippen LogP contribution in [0.2, 0.25) is 0 Å². The highest BCUT2D eigenvalue weighted by Crippen LogP contribution is 1.96. The van der Waals surface area contributed by atoms with Gasteiger partial charge in [0.25, 0.3) is 0 Å². The molecular formula is C11H25NO2. The molecule has 0 aromatic rings. The van der Waals surface area contributed by atoms with Crippen LogP contribution < -0.4 is 5.32 Å². The van der Waals surface area contributed by atoms with Crippen LogP contribution in [0.5, 0.6) is 0 Å². The number of nitrogens with one attached hydrogen (secondary N) is 1. The Labute approximate surface area is 88.2 Å². The minimum Gasteiger partial charge on any atom is -0.382 e. The maximum absolute atomic E-state index is 5.57. The molecule has 3 nitrogen and oxygen atoms in total. The maximum atomic E-state index is 5.57. The van der Waals surface area contributed by atoms with Gasteiger partial charge >= 0.3 is 0 Å². The predicted molar refractivity (Wildman–Crippen MR) is 59.7 cm³/mol. The third-order valence-corrected chi connectivity index (χ3v) is 2.10. The molecule has 0 saturated heterocycles. The molecule has 86 valence electrons. The van der Waals surface area contributed by atoms with Gasteiger partial charge in [-0.1, -0.05) is 6.92 Å². The van der Waals surface area contributed by atoms with Crippen molar-refractivity contribution in [2.24, 2.45) is 0 Å². The van der Waals surface area contributed by atoms with Gasteiger partial charge in [-0.05, 0) is 33.2 Å². The van der Waals surface area contributed by atoms with Crippen LogP contribution in [0.3, 0.4) is 0 Å². The number of rotatable bonds is 9. The summed E-state index contributed by atoms with van der Waals surface area (Å²) in [6.45, 7) is 8.98. The van der Waals surface area contributed by atoms with E-state index >= 15 is 0 Å². The molecule has 0 aliphatic rings. The Hall–Kier alpha value is -0.120. The second-order valence-corrected chi connectivity index (χ2v) is 3.78. The lowest BCUT2D eigenvalue weighted by Crippen LogP contribution is -2.28. The number of methoxy groups -OCH3 is 1.